The van der Waals surface area contributed by atoms with Crippen LogP contribution in [0.1, 0.15) is 10.4 Å². The van der Waals surface area contributed by atoms with E-state index in [1.54, 1.807) is 0 Å². The second kappa shape index (κ2) is 7.07. The van der Waals surface area contributed by atoms with Gasteiger partial charge >= 0.3 is 5.97 Å². The Kier molecular flexibility index (Phi) is 5.34. The quantitative estimate of drug-likeness (QED) is 0.729. The number of ether oxygens (including phenoxy) is 2. The molecule has 0 aliphatic carbocycles. The topological polar surface area (TPSA) is 111 Å². The number of morpholine rings is 1. The molecule has 1 aromatic carbocycles. The van der Waals surface area contributed by atoms with Crippen LogP contribution in [0, 0.1) is 0 Å². The average Bonchev–Trinajstić information content (AvgIpc) is 2.53. The van der Waals surface area contributed by atoms with Crippen LogP contribution in [-0.2, 0) is 24.1 Å². The van der Waals surface area contributed by atoms with Crippen molar-refractivity contribution in [3.8, 4) is 0 Å². The van der Waals surface area contributed by atoms with Crippen molar-refractivity contribution in [2.45, 2.75) is 11.0 Å². The zero-order chi connectivity index (χ0) is 17.0. The first-order valence-corrected chi connectivity index (χ1v) is 8.77. The van der Waals surface area contributed by atoms with E-state index in [1.165, 1.54) is 25.3 Å². The number of methoxy groups -OCH3 is 1. The fraction of sp³-hybridized carbons (Fsp3) is 0.429. The third kappa shape index (κ3) is 4.50. The lowest BCUT2D eigenvalue weighted by Crippen LogP contribution is -2.45. The lowest BCUT2D eigenvalue weighted by atomic mass is 10.2. The minimum absolute atomic E-state index is 0.0356. The smallest absolute Gasteiger partial charge is 0.337 e. The van der Waals surface area contributed by atoms with Crippen molar-refractivity contribution in [1.82, 2.24) is 5.32 Å². The van der Waals surface area contributed by atoms with Gasteiger partial charge in [0.25, 0.3) is 5.91 Å². The molecule has 1 aliphatic rings. The Balaban J connectivity index is 2.29. The molecular weight excluding hydrogens is 324 g/mol. The number of sulfone groups is 1. The molecule has 0 aromatic heterocycles. The molecule has 23 heavy (non-hydrogen) atoms. The number of nitrogens with one attached hydrogen (secondary N) is 2. The molecule has 0 radical (unpaired) electrons. The first-order valence-electron chi connectivity index (χ1n) is 6.88. The summed E-state index contributed by atoms with van der Waals surface area (Å²) in [4.78, 5) is 23.7. The fourth-order valence-corrected chi connectivity index (χ4v) is 2.76. The average molecular weight is 342 g/mol. The molecule has 0 spiro atoms. The second-order valence-electron chi connectivity index (χ2n) is 5.06. The van der Waals surface area contributed by atoms with Crippen LogP contribution in [0.3, 0.4) is 0 Å². The first-order chi connectivity index (χ1) is 10.8. The summed E-state index contributed by atoms with van der Waals surface area (Å²) in [6.07, 6.45) is 0.343. The minimum Gasteiger partial charge on any atom is -0.465 e. The van der Waals surface area contributed by atoms with E-state index < -0.39 is 27.8 Å². The standard InChI is InChI=1S/C14H18N2O6S/c1-21-14(18)9-5-10(7-11(6-9)23(2,19)20)16-13(17)12-8-15-3-4-22-12/h5-7,12,15H,3-4,8H2,1-2H3,(H,16,17)/t12-/m1/s1. The Morgan fingerprint density at radius 2 is 2.09 bits per heavy atom. The van der Waals surface area contributed by atoms with E-state index in [0.29, 0.717) is 19.7 Å². The maximum Gasteiger partial charge on any atom is 0.337 e. The number of rotatable bonds is 4. The summed E-state index contributed by atoms with van der Waals surface area (Å²) in [5.74, 6) is -1.11. The van der Waals surface area contributed by atoms with Crippen LogP contribution < -0.4 is 10.6 Å². The van der Waals surface area contributed by atoms with Gasteiger partial charge in [-0.2, -0.15) is 0 Å². The Hall–Kier alpha value is -1.97. The van der Waals surface area contributed by atoms with Crippen LogP contribution in [0.5, 0.6) is 0 Å². The van der Waals surface area contributed by atoms with Crippen molar-refractivity contribution >= 4 is 27.4 Å². The van der Waals surface area contributed by atoms with Crippen LogP contribution in [0.4, 0.5) is 5.69 Å². The number of carbonyl (C=O) groups excluding carboxylic acids is 2. The van der Waals surface area contributed by atoms with Gasteiger partial charge < -0.3 is 20.1 Å². The Morgan fingerprint density at radius 3 is 2.65 bits per heavy atom. The number of hydrogen-bond donors (Lipinski definition) is 2. The third-order valence-corrected chi connectivity index (χ3v) is 4.34. The molecule has 1 fully saturated rings. The minimum atomic E-state index is -3.55. The first kappa shape index (κ1) is 17.4. The van der Waals surface area contributed by atoms with Gasteiger partial charge in [0.15, 0.2) is 9.84 Å². The van der Waals surface area contributed by atoms with Gasteiger partial charge in [-0.25, -0.2) is 13.2 Å². The van der Waals surface area contributed by atoms with E-state index in [1.807, 2.05) is 0 Å². The number of amides is 1. The second-order valence-corrected chi connectivity index (χ2v) is 7.08. The van der Waals surface area contributed by atoms with E-state index in [2.05, 4.69) is 15.4 Å². The number of anilines is 1. The zero-order valence-electron chi connectivity index (χ0n) is 12.8. The van der Waals surface area contributed by atoms with Crippen LogP contribution in [-0.4, -0.2) is 59.5 Å². The van der Waals surface area contributed by atoms with Crippen LogP contribution >= 0.6 is 0 Å². The summed E-state index contributed by atoms with van der Waals surface area (Å²) in [7, 11) is -2.36. The van der Waals surface area contributed by atoms with Crippen LogP contribution in [0.2, 0.25) is 0 Å². The molecule has 2 rings (SSSR count). The highest BCUT2D eigenvalue weighted by Gasteiger charge is 2.23. The van der Waals surface area contributed by atoms with Gasteiger partial charge in [0.05, 0.1) is 24.2 Å². The molecule has 1 aliphatic heterocycles. The van der Waals surface area contributed by atoms with Crippen LogP contribution in [0.15, 0.2) is 23.1 Å². The largest absolute Gasteiger partial charge is 0.465 e. The van der Waals surface area contributed by atoms with Crippen molar-refractivity contribution in [1.29, 1.82) is 0 Å². The van der Waals surface area contributed by atoms with Gasteiger partial charge in [-0.15, -0.1) is 0 Å². The van der Waals surface area contributed by atoms with Crippen LogP contribution in [0.25, 0.3) is 0 Å². The number of benzene rings is 1. The Labute approximate surface area is 134 Å². The predicted molar refractivity (Wildman–Crippen MR) is 82.1 cm³/mol. The zero-order valence-corrected chi connectivity index (χ0v) is 13.6. The Bertz CT molecular complexity index is 710. The normalized spacial score (nSPS) is 18.3. The molecule has 1 amide bonds. The van der Waals surface area contributed by atoms with Crippen molar-refractivity contribution in [3.05, 3.63) is 23.8 Å². The van der Waals surface area contributed by atoms with E-state index in [4.69, 9.17) is 4.74 Å². The van der Waals surface area contributed by atoms with E-state index >= 15 is 0 Å². The molecule has 1 saturated heterocycles. The summed E-state index contributed by atoms with van der Waals surface area (Å²) >= 11 is 0. The summed E-state index contributed by atoms with van der Waals surface area (Å²) in [5.41, 5.74) is 0.223. The maximum atomic E-state index is 12.1. The third-order valence-electron chi connectivity index (χ3n) is 3.24. The molecule has 9 heteroatoms. The summed E-state index contributed by atoms with van der Waals surface area (Å²) in [5, 5.41) is 5.59. The summed E-state index contributed by atoms with van der Waals surface area (Å²) in [6, 6.07) is 3.85. The number of carbonyl (C=O) groups is 2. The highest BCUT2D eigenvalue weighted by molar-refractivity contribution is 7.90. The van der Waals surface area contributed by atoms with E-state index in [-0.39, 0.29) is 16.1 Å². The summed E-state index contributed by atoms with van der Waals surface area (Å²) < 4.78 is 33.4. The monoisotopic (exact) mass is 342 g/mol. The molecule has 1 heterocycles. The van der Waals surface area contributed by atoms with Crippen molar-refractivity contribution < 1.29 is 27.5 Å². The lowest BCUT2D eigenvalue weighted by molar-refractivity contribution is -0.128. The van der Waals surface area contributed by atoms with Crippen molar-refractivity contribution in [2.75, 3.05) is 38.4 Å². The fourth-order valence-electron chi connectivity index (χ4n) is 2.08. The molecule has 0 bridgehead atoms. The Morgan fingerprint density at radius 1 is 1.35 bits per heavy atom. The van der Waals surface area contributed by atoms with Gasteiger partial charge in [-0.05, 0) is 18.2 Å². The van der Waals surface area contributed by atoms with E-state index in [9.17, 15) is 18.0 Å². The highest BCUT2D eigenvalue weighted by Crippen LogP contribution is 2.20. The van der Waals surface area contributed by atoms with E-state index in [0.717, 1.165) is 6.26 Å². The van der Waals surface area contributed by atoms with Gasteiger partial charge in [-0.1, -0.05) is 0 Å². The van der Waals surface area contributed by atoms with Crippen molar-refractivity contribution in [2.24, 2.45) is 0 Å². The predicted octanol–water partition coefficient (Wildman–Crippen LogP) is -0.196. The van der Waals surface area contributed by atoms with Crippen molar-refractivity contribution in [3.63, 3.8) is 0 Å². The highest BCUT2D eigenvalue weighted by atomic mass is 32.2. The summed E-state index contributed by atoms with van der Waals surface area (Å²) in [6.45, 7) is 1.44. The molecular formula is C14H18N2O6S. The molecule has 0 saturated carbocycles. The maximum absolute atomic E-state index is 12.1. The molecule has 0 unspecified atom stereocenters. The molecule has 126 valence electrons. The van der Waals surface area contributed by atoms with Gasteiger partial charge in [0, 0.05) is 25.0 Å². The number of esters is 1. The lowest BCUT2D eigenvalue weighted by Gasteiger charge is -2.22. The molecule has 2 N–H and O–H groups in total. The SMILES string of the molecule is COC(=O)c1cc(NC(=O)[C@H]2CNCCO2)cc(S(C)(=O)=O)c1. The number of hydrogen-bond acceptors (Lipinski definition) is 7. The van der Waals surface area contributed by atoms with Gasteiger partial charge in [-0.3, -0.25) is 4.79 Å². The van der Waals surface area contributed by atoms with Gasteiger partial charge in [0.2, 0.25) is 0 Å². The molecule has 1 atom stereocenters. The molecule has 8 nitrogen and oxygen atoms in total. The van der Waals surface area contributed by atoms with Gasteiger partial charge in [0.1, 0.15) is 6.10 Å². The molecule has 1 aromatic rings.